The van der Waals surface area contributed by atoms with Gasteiger partial charge in [-0.25, -0.2) is 4.98 Å². The van der Waals surface area contributed by atoms with E-state index in [1.807, 2.05) is 0 Å². The number of ether oxygens (including phenoxy) is 2. The molecule has 0 spiro atoms. The summed E-state index contributed by atoms with van der Waals surface area (Å²) in [5.41, 5.74) is 1.24. The number of pyridine rings is 1. The normalized spacial score (nSPS) is 15.2. The van der Waals surface area contributed by atoms with Crippen LogP contribution >= 0.6 is 11.6 Å². The number of benzene rings is 1. The van der Waals surface area contributed by atoms with E-state index in [9.17, 15) is 22.8 Å². The quantitative estimate of drug-likeness (QED) is 0.644. The Kier molecular flexibility index (Phi) is 7.24. The van der Waals surface area contributed by atoms with Crippen molar-refractivity contribution in [3.8, 4) is 11.5 Å². The van der Waals surface area contributed by atoms with Crippen LogP contribution in [0.4, 0.5) is 13.2 Å². The number of fused-ring (bicyclic) bond motifs is 1. The van der Waals surface area contributed by atoms with E-state index in [0.717, 1.165) is 23.9 Å². The number of halogens is 4. The van der Waals surface area contributed by atoms with Crippen LogP contribution < -0.4 is 20.1 Å². The molecule has 1 aliphatic rings. The molecule has 32 heavy (non-hydrogen) atoms. The first-order chi connectivity index (χ1) is 15.1. The van der Waals surface area contributed by atoms with Gasteiger partial charge < -0.3 is 20.1 Å². The molecular formula is C21H19ClF3N3O4. The summed E-state index contributed by atoms with van der Waals surface area (Å²) in [5, 5.41) is 5.81. The average molecular weight is 470 g/mol. The Morgan fingerprint density at radius 2 is 2.06 bits per heavy atom. The average Bonchev–Trinajstić information content (AvgIpc) is 2.72. The van der Waals surface area contributed by atoms with Crippen LogP contribution in [0.25, 0.3) is 0 Å². The number of aromatic nitrogens is 1. The van der Waals surface area contributed by atoms with Gasteiger partial charge in [0.05, 0.1) is 6.20 Å². The van der Waals surface area contributed by atoms with Gasteiger partial charge in [-0.05, 0) is 48.7 Å². The molecule has 1 aliphatic heterocycles. The minimum atomic E-state index is -4.84. The SMILES string of the molecule is C=C(CCNC(=O)c1ccc(OC(F)(F)F)cn1)NC(=O)[C@H]1CCc2cc(Cl)ccc2O1. The van der Waals surface area contributed by atoms with Crippen LogP contribution in [0.1, 0.15) is 28.9 Å². The molecule has 0 aliphatic carbocycles. The van der Waals surface area contributed by atoms with E-state index in [1.54, 1.807) is 18.2 Å². The maximum absolute atomic E-state index is 12.4. The van der Waals surface area contributed by atoms with Gasteiger partial charge in [-0.15, -0.1) is 13.2 Å². The number of carbonyl (C=O) groups is 2. The predicted molar refractivity (Wildman–Crippen MR) is 109 cm³/mol. The highest BCUT2D eigenvalue weighted by molar-refractivity contribution is 6.30. The van der Waals surface area contributed by atoms with Gasteiger partial charge >= 0.3 is 6.36 Å². The van der Waals surface area contributed by atoms with Crippen molar-refractivity contribution in [2.45, 2.75) is 31.7 Å². The van der Waals surface area contributed by atoms with Gasteiger partial charge in [0.25, 0.3) is 11.8 Å². The summed E-state index contributed by atoms with van der Waals surface area (Å²) < 4.78 is 45.9. The van der Waals surface area contributed by atoms with Gasteiger partial charge in [0, 0.05) is 23.7 Å². The summed E-state index contributed by atoms with van der Waals surface area (Å²) in [6.45, 7) is 3.90. The summed E-state index contributed by atoms with van der Waals surface area (Å²) in [4.78, 5) is 28.1. The zero-order valence-electron chi connectivity index (χ0n) is 16.7. The topological polar surface area (TPSA) is 89.5 Å². The number of alkyl halides is 3. The van der Waals surface area contributed by atoms with Crippen LogP contribution in [0.2, 0.25) is 5.02 Å². The van der Waals surface area contributed by atoms with Crippen molar-refractivity contribution >= 4 is 23.4 Å². The van der Waals surface area contributed by atoms with E-state index in [-0.39, 0.29) is 24.6 Å². The highest BCUT2D eigenvalue weighted by Crippen LogP contribution is 2.30. The Morgan fingerprint density at radius 3 is 2.75 bits per heavy atom. The number of hydrogen-bond acceptors (Lipinski definition) is 5. The molecule has 11 heteroatoms. The summed E-state index contributed by atoms with van der Waals surface area (Å²) in [6.07, 6.45) is -3.32. The van der Waals surface area contributed by atoms with Crippen molar-refractivity contribution < 1.29 is 32.2 Å². The largest absolute Gasteiger partial charge is 0.573 e. The molecule has 0 unspecified atom stereocenters. The summed E-state index contributed by atoms with van der Waals surface area (Å²) in [6, 6.07) is 7.31. The summed E-state index contributed by atoms with van der Waals surface area (Å²) >= 11 is 5.96. The maximum Gasteiger partial charge on any atom is 0.573 e. The first-order valence-corrected chi connectivity index (χ1v) is 9.92. The first-order valence-electron chi connectivity index (χ1n) is 9.54. The van der Waals surface area contributed by atoms with E-state index >= 15 is 0 Å². The molecule has 2 N–H and O–H groups in total. The van der Waals surface area contributed by atoms with Crippen molar-refractivity contribution in [3.05, 3.63) is 65.1 Å². The zero-order chi connectivity index (χ0) is 23.3. The van der Waals surface area contributed by atoms with Crippen LogP contribution in [0, 0.1) is 0 Å². The molecule has 1 aromatic heterocycles. The van der Waals surface area contributed by atoms with E-state index < -0.39 is 24.1 Å². The summed E-state index contributed by atoms with van der Waals surface area (Å²) in [7, 11) is 0. The molecule has 2 amide bonds. The van der Waals surface area contributed by atoms with E-state index in [2.05, 4.69) is 26.9 Å². The lowest BCUT2D eigenvalue weighted by molar-refractivity contribution is -0.274. The van der Waals surface area contributed by atoms with Crippen LogP contribution in [0.3, 0.4) is 0 Å². The predicted octanol–water partition coefficient (Wildman–Crippen LogP) is 3.78. The highest BCUT2D eigenvalue weighted by atomic mass is 35.5. The van der Waals surface area contributed by atoms with E-state index in [0.29, 0.717) is 29.3 Å². The Hall–Kier alpha value is -3.27. The lowest BCUT2D eigenvalue weighted by Gasteiger charge is -2.25. The van der Waals surface area contributed by atoms with Crippen molar-refractivity contribution in [2.75, 3.05) is 6.54 Å². The minimum absolute atomic E-state index is 0.0800. The molecule has 7 nitrogen and oxygen atoms in total. The Balaban J connectivity index is 1.41. The van der Waals surface area contributed by atoms with Crippen molar-refractivity contribution in [3.63, 3.8) is 0 Å². The third-order valence-corrected chi connectivity index (χ3v) is 4.71. The van der Waals surface area contributed by atoms with Gasteiger partial charge in [0.15, 0.2) is 6.10 Å². The lowest BCUT2D eigenvalue weighted by Crippen LogP contribution is -2.40. The number of amides is 2. The molecule has 0 saturated carbocycles. The number of nitrogens with zero attached hydrogens (tertiary/aromatic N) is 1. The molecule has 1 aromatic carbocycles. The monoisotopic (exact) mass is 469 g/mol. The third-order valence-electron chi connectivity index (χ3n) is 4.47. The summed E-state index contributed by atoms with van der Waals surface area (Å²) in [5.74, 6) is -0.851. The van der Waals surface area contributed by atoms with Gasteiger partial charge in [-0.2, -0.15) is 0 Å². The van der Waals surface area contributed by atoms with E-state index in [1.165, 1.54) is 0 Å². The maximum atomic E-state index is 12.4. The molecule has 0 bridgehead atoms. The molecule has 0 radical (unpaired) electrons. The second-order valence-corrected chi connectivity index (χ2v) is 7.36. The molecule has 2 heterocycles. The Labute approximate surface area is 186 Å². The number of rotatable bonds is 7. The fourth-order valence-electron chi connectivity index (χ4n) is 2.99. The second-order valence-electron chi connectivity index (χ2n) is 6.92. The molecule has 170 valence electrons. The molecule has 3 rings (SSSR count). The molecule has 0 saturated heterocycles. The standard InChI is InChI=1S/C21H19ClF3N3O4/c1-12(28-20(30)18-6-2-13-10-14(22)3-7-17(13)31-18)8-9-26-19(29)16-5-4-15(11-27-16)32-21(23,24)25/h3-5,7,10-11,18H,1-2,6,8-9H2,(H,26,29)(H,28,30)/t18-/m1/s1. The van der Waals surface area contributed by atoms with Gasteiger partial charge in [0.2, 0.25) is 0 Å². The molecule has 2 aromatic rings. The number of carbonyl (C=O) groups excluding carboxylic acids is 2. The number of hydrogen-bond donors (Lipinski definition) is 2. The lowest BCUT2D eigenvalue weighted by atomic mass is 10.0. The third kappa shape index (κ3) is 6.61. The van der Waals surface area contributed by atoms with Crippen molar-refractivity contribution in [1.82, 2.24) is 15.6 Å². The first kappa shape index (κ1) is 23.4. The van der Waals surface area contributed by atoms with Crippen molar-refractivity contribution in [2.24, 2.45) is 0 Å². The van der Waals surface area contributed by atoms with Crippen LogP contribution in [0.15, 0.2) is 48.8 Å². The number of aryl methyl sites for hydroxylation is 1. The second kappa shape index (κ2) is 9.90. The van der Waals surface area contributed by atoms with Crippen LogP contribution in [-0.2, 0) is 11.2 Å². The van der Waals surface area contributed by atoms with E-state index in [4.69, 9.17) is 16.3 Å². The zero-order valence-corrected chi connectivity index (χ0v) is 17.4. The minimum Gasteiger partial charge on any atom is -0.480 e. The fourth-order valence-corrected chi connectivity index (χ4v) is 3.18. The molecular weight excluding hydrogens is 451 g/mol. The van der Waals surface area contributed by atoms with Crippen molar-refractivity contribution in [1.29, 1.82) is 0 Å². The number of nitrogens with one attached hydrogen (secondary N) is 2. The van der Waals surface area contributed by atoms with Gasteiger partial charge in [-0.1, -0.05) is 18.2 Å². The van der Waals surface area contributed by atoms with Crippen LogP contribution in [-0.4, -0.2) is 35.8 Å². The van der Waals surface area contributed by atoms with Gasteiger partial charge in [-0.3, -0.25) is 9.59 Å². The Bertz CT molecular complexity index is 1010. The van der Waals surface area contributed by atoms with Gasteiger partial charge in [0.1, 0.15) is 17.2 Å². The van der Waals surface area contributed by atoms with Crippen LogP contribution in [0.5, 0.6) is 11.5 Å². The Morgan fingerprint density at radius 1 is 1.28 bits per heavy atom. The molecule has 0 fully saturated rings. The smallest absolute Gasteiger partial charge is 0.480 e. The fraction of sp³-hybridized carbons (Fsp3) is 0.286. The highest BCUT2D eigenvalue weighted by Gasteiger charge is 2.31. The molecule has 1 atom stereocenters.